The van der Waals surface area contributed by atoms with E-state index in [0.29, 0.717) is 12.6 Å². The van der Waals surface area contributed by atoms with Crippen LogP contribution in [0.5, 0.6) is 5.75 Å². The van der Waals surface area contributed by atoms with E-state index in [0.717, 1.165) is 43.9 Å². The number of aliphatic hydroxyl groups excluding tert-OH is 1. The zero-order chi connectivity index (χ0) is 18.9. The molecule has 1 aromatic carbocycles. The van der Waals surface area contributed by atoms with Gasteiger partial charge >= 0.3 is 0 Å². The molecule has 27 heavy (non-hydrogen) atoms. The number of guanidine groups is 1. The number of ether oxygens (including phenoxy) is 1. The summed E-state index contributed by atoms with van der Waals surface area (Å²) in [5.74, 6) is 1.72. The van der Waals surface area contributed by atoms with Crippen molar-refractivity contribution in [3.8, 4) is 5.75 Å². The van der Waals surface area contributed by atoms with Gasteiger partial charge in [0.05, 0.1) is 25.8 Å². The quantitative estimate of drug-likeness (QED) is 0.312. The SMILES string of the molecule is CCNC(=NCC(c1cccc(OC)c1)N(C)C)NC1CCC(O)CC1.I. The number of aliphatic hydroxyl groups is 1. The molecule has 1 aliphatic carbocycles. The molecular weight excluding hydrogens is 455 g/mol. The Labute approximate surface area is 180 Å². The number of likely N-dealkylation sites (N-methyl/N-ethyl adjacent to an activating group) is 1. The molecule has 1 unspecified atom stereocenters. The van der Waals surface area contributed by atoms with E-state index in [1.54, 1.807) is 7.11 Å². The van der Waals surface area contributed by atoms with Crippen molar-refractivity contribution in [1.82, 2.24) is 15.5 Å². The summed E-state index contributed by atoms with van der Waals surface area (Å²) in [4.78, 5) is 7.01. The van der Waals surface area contributed by atoms with Gasteiger partial charge in [-0.2, -0.15) is 0 Å². The maximum atomic E-state index is 9.68. The van der Waals surface area contributed by atoms with Gasteiger partial charge in [-0.1, -0.05) is 12.1 Å². The lowest BCUT2D eigenvalue weighted by atomic mass is 9.93. The summed E-state index contributed by atoms with van der Waals surface area (Å²) in [7, 11) is 5.83. The van der Waals surface area contributed by atoms with Crippen LogP contribution in [0.1, 0.15) is 44.2 Å². The first-order chi connectivity index (χ1) is 12.5. The molecule has 3 N–H and O–H groups in total. The van der Waals surface area contributed by atoms with Gasteiger partial charge in [0, 0.05) is 12.6 Å². The van der Waals surface area contributed by atoms with E-state index in [4.69, 9.17) is 9.73 Å². The first-order valence-electron chi connectivity index (χ1n) is 9.56. The number of rotatable bonds is 7. The molecule has 0 heterocycles. The molecule has 0 spiro atoms. The highest BCUT2D eigenvalue weighted by Gasteiger charge is 2.20. The molecule has 0 saturated heterocycles. The zero-order valence-corrected chi connectivity index (χ0v) is 19.3. The number of halogens is 1. The van der Waals surface area contributed by atoms with Crippen LogP contribution < -0.4 is 15.4 Å². The van der Waals surface area contributed by atoms with Gasteiger partial charge in [-0.15, -0.1) is 24.0 Å². The average Bonchev–Trinajstić information content (AvgIpc) is 2.63. The van der Waals surface area contributed by atoms with Crippen molar-refractivity contribution in [3.63, 3.8) is 0 Å². The van der Waals surface area contributed by atoms with Crippen molar-refractivity contribution >= 4 is 29.9 Å². The summed E-state index contributed by atoms with van der Waals surface area (Å²) in [6.07, 6.45) is 3.55. The van der Waals surface area contributed by atoms with Crippen LogP contribution in [0.3, 0.4) is 0 Å². The second kappa shape index (κ2) is 12.4. The molecule has 6 nitrogen and oxygen atoms in total. The third kappa shape index (κ3) is 7.83. The highest BCUT2D eigenvalue weighted by molar-refractivity contribution is 14.0. The molecule has 1 fully saturated rings. The Morgan fingerprint density at radius 1 is 1.30 bits per heavy atom. The molecule has 0 bridgehead atoms. The number of hydrogen-bond acceptors (Lipinski definition) is 4. The Morgan fingerprint density at radius 3 is 2.59 bits per heavy atom. The van der Waals surface area contributed by atoms with Gasteiger partial charge in [-0.05, 0) is 64.4 Å². The number of hydrogen-bond donors (Lipinski definition) is 3. The minimum Gasteiger partial charge on any atom is -0.497 e. The number of aliphatic imine (C=N–C) groups is 1. The summed E-state index contributed by atoms with van der Waals surface area (Å²) in [6.45, 7) is 3.56. The molecule has 0 aliphatic heterocycles. The molecule has 154 valence electrons. The monoisotopic (exact) mass is 490 g/mol. The highest BCUT2D eigenvalue weighted by Crippen LogP contribution is 2.23. The van der Waals surface area contributed by atoms with E-state index in [2.05, 4.69) is 48.7 Å². The van der Waals surface area contributed by atoms with Crippen molar-refractivity contribution < 1.29 is 9.84 Å². The van der Waals surface area contributed by atoms with Crippen LogP contribution in [-0.2, 0) is 0 Å². The third-order valence-corrected chi connectivity index (χ3v) is 4.91. The minimum atomic E-state index is -0.140. The second-order valence-electron chi connectivity index (χ2n) is 7.13. The van der Waals surface area contributed by atoms with E-state index < -0.39 is 0 Å². The van der Waals surface area contributed by atoms with E-state index in [9.17, 15) is 5.11 Å². The normalized spacial score (nSPS) is 21.3. The van der Waals surface area contributed by atoms with Crippen molar-refractivity contribution in [1.29, 1.82) is 0 Å². The van der Waals surface area contributed by atoms with Gasteiger partial charge in [0.15, 0.2) is 5.96 Å². The van der Waals surface area contributed by atoms with Gasteiger partial charge in [-0.3, -0.25) is 4.99 Å². The van der Waals surface area contributed by atoms with Gasteiger partial charge in [-0.25, -0.2) is 0 Å². The van der Waals surface area contributed by atoms with E-state index >= 15 is 0 Å². The maximum Gasteiger partial charge on any atom is 0.191 e. The summed E-state index contributed by atoms with van der Waals surface area (Å²) < 4.78 is 5.36. The lowest BCUT2D eigenvalue weighted by Crippen LogP contribution is -2.45. The van der Waals surface area contributed by atoms with Crippen LogP contribution >= 0.6 is 24.0 Å². The standard InChI is InChI=1S/C20H34N4O2.HI/c1-5-21-20(23-16-9-11-17(25)12-10-16)22-14-19(24(2)3)15-7-6-8-18(13-15)26-4;/h6-8,13,16-17,19,25H,5,9-12,14H2,1-4H3,(H2,21,22,23);1H. The van der Waals surface area contributed by atoms with Crippen LogP contribution in [0, 0.1) is 0 Å². The largest absolute Gasteiger partial charge is 0.497 e. The maximum absolute atomic E-state index is 9.68. The molecule has 0 amide bonds. The van der Waals surface area contributed by atoms with Crippen LogP contribution in [0.15, 0.2) is 29.3 Å². The van der Waals surface area contributed by atoms with Crippen molar-refractivity contribution in [2.75, 3.05) is 34.3 Å². The van der Waals surface area contributed by atoms with Crippen LogP contribution in [-0.4, -0.2) is 62.4 Å². The van der Waals surface area contributed by atoms with Crippen LogP contribution in [0.4, 0.5) is 0 Å². The van der Waals surface area contributed by atoms with Crippen molar-refractivity contribution in [2.24, 2.45) is 4.99 Å². The Hall–Kier alpha value is -1.06. The number of nitrogens with zero attached hydrogens (tertiary/aromatic N) is 2. The minimum absolute atomic E-state index is 0. The van der Waals surface area contributed by atoms with Gasteiger partial charge in [0.1, 0.15) is 5.75 Å². The number of benzene rings is 1. The fourth-order valence-electron chi connectivity index (χ4n) is 3.33. The predicted molar refractivity (Wildman–Crippen MR) is 122 cm³/mol. The average molecular weight is 490 g/mol. The molecule has 1 atom stereocenters. The zero-order valence-electron chi connectivity index (χ0n) is 16.9. The first-order valence-corrected chi connectivity index (χ1v) is 9.56. The van der Waals surface area contributed by atoms with Gasteiger partial charge in [0.25, 0.3) is 0 Å². The van der Waals surface area contributed by atoms with E-state index in [1.165, 1.54) is 5.56 Å². The fourth-order valence-corrected chi connectivity index (χ4v) is 3.33. The lowest BCUT2D eigenvalue weighted by molar-refractivity contribution is 0.120. The summed E-state index contributed by atoms with van der Waals surface area (Å²) in [5, 5.41) is 16.6. The third-order valence-electron chi connectivity index (χ3n) is 4.91. The van der Waals surface area contributed by atoms with Crippen molar-refractivity contribution in [2.45, 2.75) is 50.8 Å². The molecule has 7 heteroatoms. The van der Waals surface area contributed by atoms with E-state index in [1.807, 2.05) is 12.1 Å². The molecular formula is C20H35IN4O2. The molecule has 1 saturated carbocycles. The topological polar surface area (TPSA) is 69.1 Å². The van der Waals surface area contributed by atoms with E-state index in [-0.39, 0.29) is 36.1 Å². The summed E-state index contributed by atoms with van der Waals surface area (Å²) in [6, 6.07) is 8.72. The molecule has 1 aromatic rings. The molecule has 0 aromatic heterocycles. The Balaban J connectivity index is 0.00000364. The molecule has 2 rings (SSSR count). The van der Waals surface area contributed by atoms with Gasteiger partial charge in [0.2, 0.25) is 0 Å². The van der Waals surface area contributed by atoms with Crippen LogP contribution in [0.25, 0.3) is 0 Å². The number of nitrogens with one attached hydrogen (secondary N) is 2. The fraction of sp³-hybridized carbons (Fsp3) is 0.650. The van der Waals surface area contributed by atoms with Gasteiger partial charge < -0.3 is 25.4 Å². The number of methoxy groups -OCH3 is 1. The molecule has 0 radical (unpaired) electrons. The van der Waals surface area contributed by atoms with Crippen LogP contribution in [0.2, 0.25) is 0 Å². The summed E-state index contributed by atoms with van der Waals surface area (Å²) >= 11 is 0. The predicted octanol–water partition coefficient (Wildman–Crippen LogP) is 2.77. The Kier molecular flexibility index (Phi) is 11.0. The smallest absolute Gasteiger partial charge is 0.191 e. The first kappa shape index (κ1) is 24.0. The second-order valence-corrected chi connectivity index (χ2v) is 7.13. The highest BCUT2D eigenvalue weighted by atomic mass is 127. The summed E-state index contributed by atoms with van der Waals surface area (Å²) in [5.41, 5.74) is 1.19. The Morgan fingerprint density at radius 2 is 2.00 bits per heavy atom. The lowest BCUT2D eigenvalue weighted by Gasteiger charge is -2.28. The van der Waals surface area contributed by atoms with Crippen molar-refractivity contribution in [3.05, 3.63) is 29.8 Å². The molecule has 1 aliphatic rings. The Bertz CT molecular complexity index is 575.